The number of sulfonamides is 1. The van der Waals surface area contributed by atoms with Crippen molar-refractivity contribution in [2.24, 2.45) is 0 Å². The van der Waals surface area contributed by atoms with Crippen molar-refractivity contribution in [2.45, 2.75) is 50.4 Å². The van der Waals surface area contributed by atoms with E-state index in [0.717, 1.165) is 33.3 Å². The lowest BCUT2D eigenvalue weighted by molar-refractivity contribution is -0.141. The van der Waals surface area contributed by atoms with Gasteiger partial charge in [0, 0.05) is 31.5 Å². The number of amides is 1. The molecule has 1 aliphatic rings. The number of carboxylic acid groups (broad SMARTS) is 1. The predicted molar refractivity (Wildman–Crippen MR) is 163 cm³/mol. The second-order valence-corrected chi connectivity index (χ2v) is 12.6. The minimum Gasteiger partial charge on any atom is -0.480 e. The van der Waals surface area contributed by atoms with Crippen LogP contribution in [-0.4, -0.2) is 47.4 Å². The molecule has 0 bridgehead atoms. The van der Waals surface area contributed by atoms with Gasteiger partial charge < -0.3 is 10.4 Å². The first kappa shape index (κ1) is 31.9. The van der Waals surface area contributed by atoms with E-state index in [4.69, 9.17) is 0 Å². The molecule has 1 atom stereocenters. The van der Waals surface area contributed by atoms with Crippen LogP contribution >= 0.6 is 0 Å². The number of aliphatic carboxylic acids is 1. The molecule has 0 aliphatic carbocycles. The number of carbonyl (C=O) groups excluding carboxylic acids is 1. The van der Waals surface area contributed by atoms with Crippen molar-refractivity contribution in [3.63, 3.8) is 0 Å². The third-order valence-electron chi connectivity index (χ3n) is 7.81. The topological polar surface area (TPSA) is 126 Å². The summed E-state index contributed by atoms with van der Waals surface area (Å²) < 4.78 is 72.0. The fourth-order valence-electron chi connectivity index (χ4n) is 5.72. The van der Waals surface area contributed by atoms with E-state index in [1.54, 1.807) is 25.1 Å². The fourth-order valence-corrected chi connectivity index (χ4v) is 7.68. The Bertz CT molecular complexity index is 1980. The van der Waals surface area contributed by atoms with Crippen LogP contribution in [-0.2, 0) is 32.2 Å². The summed E-state index contributed by atoms with van der Waals surface area (Å²) in [6, 6.07) is 14.9. The monoisotopic (exact) mass is 641 g/mol. The molecule has 2 N–H and O–H groups in total. The van der Waals surface area contributed by atoms with Gasteiger partial charge in [-0.25, -0.2) is 13.2 Å². The Morgan fingerprint density at radius 2 is 1.71 bits per heavy atom. The number of carboxylic acids is 1. The number of carbonyl (C=O) groups is 2. The molecule has 13 heteroatoms. The van der Waals surface area contributed by atoms with Crippen molar-refractivity contribution < 1.29 is 36.3 Å². The highest BCUT2D eigenvalue weighted by molar-refractivity contribution is 7.89. The first-order valence-corrected chi connectivity index (χ1v) is 15.7. The summed E-state index contributed by atoms with van der Waals surface area (Å²) in [6.07, 6.45) is -4.75. The molecule has 4 aromatic rings. The number of aromatic nitrogens is 1. The average molecular weight is 642 g/mol. The lowest BCUT2D eigenvalue weighted by Gasteiger charge is -2.36. The first-order chi connectivity index (χ1) is 21.3. The van der Waals surface area contributed by atoms with Crippen LogP contribution in [0.25, 0.3) is 21.9 Å². The minimum absolute atomic E-state index is 0.0465. The number of pyridine rings is 1. The second-order valence-electron chi connectivity index (χ2n) is 10.7. The van der Waals surface area contributed by atoms with Crippen molar-refractivity contribution in [3.8, 4) is 11.1 Å². The lowest BCUT2D eigenvalue weighted by Crippen LogP contribution is -2.50. The van der Waals surface area contributed by atoms with Gasteiger partial charge in [-0.2, -0.15) is 17.5 Å². The molecular weight excluding hydrogens is 611 g/mol. The van der Waals surface area contributed by atoms with Gasteiger partial charge in [0.05, 0.1) is 5.56 Å². The van der Waals surface area contributed by atoms with E-state index < -0.39 is 62.5 Å². The minimum atomic E-state index is -4.80. The second kappa shape index (κ2) is 12.1. The van der Waals surface area contributed by atoms with Crippen LogP contribution < -0.4 is 10.9 Å². The molecule has 0 saturated carbocycles. The number of anilines is 1. The number of benzene rings is 3. The molecule has 1 aromatic heterocycles. The molecule has 0 fully saturated rings. The molecule has 0 saturated heterocycles. The molecule has 1 aliphatic heterocycles. The molecule has 3 aromatic carbocycles. The number of hydrogen-bond acceptors (Lipinski definition) is 5. The number of halogens is 3. The number of nitrogens with zero attached hydrogens (tertiary/aromatic N) is 2. The van der Waals surface area contributed by atoms with Gasteiger partial charge in [0.25, 0.3) is 15.6 Å². The Balaban J connectivity index is 1.99. The molecular formula is C32H30F3N3O6S. The van der Waals surface area contributed by atoms with Crippen LogP contribution in [0.3, 0.4) is 0 Å². The highest BCUT2D eigenvalue weighted by Crippen LogP contribution is 2.42. The summed E-state index contributed by atoms with van der Waals surface area (Å²) >= 11 is 0. The smallest absolute Gasteiger partial charge is 0.416 e. The SMILES string of the molecule is CCCN1CC(C(=O)O)n2c(c(-c3cccc(C(F)(F)F)c3)c(Cc3cccc4ccccc34)c(NC(=O)CC)c2=O)S1(=O)=O. The van der Waals surface area contributed by atoms with E-state index in [-0.39, 0.29) is 36.1 Å². The van der Waals surface area contributed by atoms with E-state index >= 15 is 0 Å². The average Bonchev–Trinajstić information content (AvgIpc) is 3.00. The number of fused-ring (bicyclic) bond motifs is 2. The normalized spacial score (nSPS) is 16.3. The molecule has 9 nitrogen and oxygen atoms in total. The van der Waals surface area contributed by atoms with Crippen LogP contribution in [0.1, 0.15) is 49.4 Å². The zero-order chi connectivity index (χ0) is 32.7. The van der Waals surface area contributed by atoms with E-state index in [9.17, 15) is 41.1 Å². The fraction of sp³-hybridized carbons (Fsp3) is 0.281. The summed E-state index contributed by atoms with van der Waals surface area (Å²) in [5.74, 6) is -2.14. The summed E-state index contributed by atoms with van der Waals surface area (Å²) in [4.78, 5) is 39.6. The van der Waals surface area contributed by atoms with E-state index in [2.05, 4.69) is 5.32 Å². The summed E-state index contributed by atoms with van der Waals surface area (Å²) in [5.41, 5.74) is -2.48. The zero-order valence-electron chi connectivity index (χ0n) is 24.4. The van der Waals surface area contributed by atoms with Gasteiger partial charge in [0.2, 0.25) is 5.91 Å². The number of nitrogens with one attached hydrogen (secondary N) is 1. The molecule has 2 heterocycles. The Hall–Kier alpha value is -4.49. The largest absolute Gasteiger partial charge is 0.480 e. The maximum Gasteiger partial charge on any atom is 0.416 e. The van der Waals surface area contributed by atoms with Gasteiger partial charge in [-0.15, -0.1) is 0 Å². The number of hydrogen-bond donors (Lipinski definition) is 2. The Labute approximate surface area is 257 Å². The van der Waals surface area contributed by atoms with Gasteiger partial charge in [-0.05, 0) is 46.0 Å². The van der Waals surface area contributed by atoms with E-state index in [0.29, 0.717) is 16.6 Å². The van der Waals surface area contributed by atoms with Gasteiger partial charge >= 0.3 is 12.1 Å². The predicted octanol–water partition coefficient (Wildman–Crippen LogP) is 5.67. The van der Waals surface area contributed by atoms with Crippen molar-refractivity contribution in [2.75, 3.05) is 18.4 Å². The maximum absolute atomic E-state index is 14.3. The Morgan fingerprint density at radius 3 is 2.38 bits per heavy atom. The number of rotatable bonds is 8. The van der Waals surface area contributed by atoms with E-state index in [1.165, 1.54) is 13.0 Å². The third kappa shape index (κ3) is 5.85. The van der Waals surface area contributed by atoms with Crippen LogP contribution in [0.15, 0.2) is 76.6 Å². The van der Waals surface area contributed by atoms with Crippen LogP contribution in [0.2, 0.25) is 0 Å². The highest BCUT2D eigenvalue weighted by Gasteiger charge is 2.44. The molecule has 1 amide bonds. The number of alkyl halides is 3. The van der Waals surface area contributed by atoms with Gasteiger partial charge in [-0.1, -0.05) is 68.4 Å². The van der Waals surface area contributed by atoms with Crippen LogP contribution in [0, 0.1) is 0 Å². The summed E-state index contributed by atoms with van der Waals surface area (Å²) in [5, 5.41) is 13.6. The molecule has 0 radical (unpaired) electrons. The van der Waals surface area contributed by atoms with Crippen LogP contribution in [0.4, 0.5) is 18.9 Å². The summed E-state index contributed by atoms with van der Waals surface area (Å²) in [7, 11) is -4.63. The quantitative estimate of drug-likeness (QED) is 0.256. The Morgan fingerprint density at radius 1 is 1.02 bits per heavy atom. The zero-order valence-corrected chi connectivity index (χ0v) is 25.2. The molecule has 0 spiro atoms. The molecule has 5 rings (SSSR count). The molecule has 1 unspecified atom stereocenters. The summed E-state index contributed by atoms with van der Waals surface area (Å²) in [6.45, 7) is 2.55. The van der Waals surface area contributed by atoms with Crippen molar-refractivity contribution >= 4 is 38.4 Å². The first-order valence-electron chi connectivity index (χ1n) is 14.3. The van der Waals surface area contributed by atoms with Gasteiger partial charge in [-0.3, -0.25) is 14.2 Å². The van der Waals surface area contributed by atoms with Crippen molar-refractivity contribution in [1.82, 2.24) is 8.87 Å². The van der Waals surface area contributed by atoms with E-state index in [1.807, 2.05) is 24.3 Å². The van der Waals surface area contributed by atoms with Crippen LogP contribution in [0.5, 0.6) is 0 Å². The van der Waals surface area contributed by atoms with Crippen molar-refractivity contribution in [3.05, 3.63) is 93.8 Å². The lowest BCUT2D eigenvalue weighted by atomic mass is 9.91. The standard InChI is InChI=1S/C32H30F3N3O6S/c1-3-15-37-18-25(31(41)42)38-29(40)28(36-26(39)4-2)24(17-20-11-7-10-19-9-5-6-14-23(19)20)27(30(38)45(37,43)44)21-12-8-13-22(16-21)32(33,34)35/h5-14,16,25H,3-4,15,17-18H2,1-2H3,(H,36,39)(H,41,42). The van der Waals surface area contributed by atoms with Gasteiger partial charge in [0.15, 0.2) is 5.03 Å². The Kier molecular flexibility index (Phi) is 8.60. The van der Waals surface area contributed by atoms with Gasteiger partial charge in [0.1, 0.15) is 11.7 Å². The highest BCUT2D eigenvalue weighted by atomic mass is 32.2. The third-order valence-corrected chi connectivity index (χ3v) is 9.71. The molecule has 45 heavy (non-hydrogen) atoms. The molecule has 236 valence electrons. The maximum atomic E-state index is 14.3. The van der Waals surface area contributed by atoms with Crippen molar-refractivity contribution in [1.29, 1.82) is 0 Å².